The molecule has 0 saturated heterocycles. The maximum atomic E-state index is 7.79. The highest BCUT2D eigenvalue weighted by Gasteiger charge is 2.56. The van der Waals surface area contributed by atoms with Crippen LogP contribution in [0.2, 0.25) is 0 Å². The van der Waals surface area contributed by atoms with Gasteiger partial charge in [0, 0.05) is 17.2 Å². The van der Waals surface area contributed by atoms with Crippen molar-refractivity contribution < 1.29 is 0 Å². The van der Waals surface area contributed by atoms with Crippen molar-refractivity contribution in [1.29, 1.82) is 5.41 Å². The van der Waals surface area contributed by atoms with Gasteiger partial charge in [0.15, 0.2) is 5.84 Å². The van der Waals surface area contributed by atoms with E-state index in [0.717, 1.165) is 24.1 Å². The lowest BCUT2D eigenvalue weighted by atomic mass is 10.1. The van der Waals surface area contributed by atoms with Crippen LogP contribution in [0.15, 0.2) is 46.8 Å². The van der Waals surface area contributed by atoms with Crippen LogP contribution >= 0.6 is 0 Å². The highest BCUT2D eigenvalue weighted by atomic mass is 15.3. The molecule has 4 N–H and O–H groups in total. The van der Waals surface area contributed by atoms with Crippen LogP contribution in [0.25, 0.3) is 0 Å². The van der Waals surface area contributed by atoms with E-state index in [2.05, 4.69) is 44.8 Å². The van der Waals surface area contributed by atoms with Gasteiger partial charge in [0.25, 0.3) is 0 Å². The van der Waals surface area contributed by atoms with Crippen molar-refractivity contribution in [3.8, 4) is 0 Å². The summed E-state index contributed by atoms with van der Waals surface area (Å²) >= 11 is 0. The van der Waals surface area contributed by atoms with E-state index in [1.54, 1.807) is 0 Å². The summed E-state index contributed by atoms with van der Waals surface area (Å²) in [6.45, 7) is 2.01. The van der Waals surface area contributed by atoms with E-state index in [4.69, 9.17) is 11.3 Å². The topological polar surface area (TPSA) is 103 Å². The van der Waals surface area contributed by atoms with Gasteiger partial charge in [-0.3, -0.25) is 10.5 Å². The summed E-state index contributed by atoms with van der Waals surface area (Å²) in [7, 11) is 0. The molecule has 0 amide bonds. The molecular weight excluding hydrogens is 276 g/mol. The summed E-state index contributed by atoms with van der Waals surface area (Å²) in [5, 5.41) is 21.8. The molecule has 1 fully saturated rings. The quantitative estimate of drug-likeness (QED) is 0.148. The number of rotatable bonds is 5. The van der Waals surface area contributed by atoms with Crippen LogP contribution < -0.4 is 5.84 Å². The van der Waals surface area contributed by atoms with Crippen LogP contribution in [0.3, 0.4) is 0 Å². The van der Waals surface area contributed by atoms with E-state index in [-0.39, 0.29) is 5.84 Å². The third-order valence-electron chi connectivity index (χ3n) is 4.35. The first-order valence-corrected chi connectivity index (χ1v) is 7.49. The summed E-state index contributed by atoms with van der Waals surface area (Å²) in [6.07, 6.45) is 14.7. The van der Waals surface area contributed by atoms with Gasteiger partial charge in [-0.2, -0.15) is 5.10 Å². The number of hydrogen-bond donors (Lipinski definition) is 3. The molecule has 0 aliphatic heterocycles. The van der Waals surface area contributed by atoms with Gasteiger partial charge in [-0.25, -0.2) is 0 Å². The first kappa shape index (κ1) is 14.4. The normalized spacial score (nSPS) is 26.5. The number of nitrogens with two attached hydrogens (primary N) is 1. The second-order valence-electron chi connectivity index (χ2n) is 5.62. The van der Waals surface area contributed by atoms with E-state index in [1.807, 2.05) is 19.1 Å². The minimum atomic E-state index is 0.0301. The Morgan fingerprint density at radius 2 is 2.32 bits per heavy atom. The predicted octanol–water partition coefficient (Wildman–Crippen LogP) is 3.03. The first-order valence-electron chi connectivity index (χ1n) is 7.49. The van der Waals surface area contributed by atoms with Crippen molar-refractivity contribution in [2.75, 3.05) is 0 Å². The number of aromatic nitrogens is 2. The van der Waals surface area contributed by atoms with Crippen LogP contribution in [0.1, 0.15) is 36.2 Å². The highest BCUT2D eigenvalue weighted by Crippen LogP contribution is 2.61. The summed E-state index contributed by atoms with van der Waals surface area (Å²) in [4.78, 5) is 0. The third kappa shape index (κ3) is 2.52. The maximum Gasteiger partial charge on any atom is 0.196 e. The van der Waals surface area contributed by atoms with Crippen LogP contribution in [0, 0.1) is 17.2 Å². The van der Waals surface area contributed by atoms with Gasteiger partial charge in [0.05, 0.1) is 0 Å². The summed E-state index contributed by atoms with van der Waals surface area (Å²) in [5.41, 5.74) is 2.87. The Kier molecular flexibility index (Phi) is 4.00. The standard InChI is InChI=1S/C16H20N6/c1-2-3-4-5-6-7-8-10-11-9-12-14(13(10)11)19-20-15(12)16(17)21-22-18/h2-5,7-8,10-11,13H,6,9H2,1H3,(H,19,20)(H3,17,18,21)/b3-2-,5-4?,8-7+. The monoisotopic (exact) mass is 296 g/mol. The molecular formula is C16H20N6. The van der Waals surface area contributed by atoms with Gasteiger partial charge in [-0.1, -0.05) is 41.7 Å². The number of hydrogen-bond acceptors (Lipinski definition) is 3. The lowest BCUT2D eigenvalue weighted by Gasteiger charge is -2.00. The predicted molar refractivity (Wildman–Crippen MR) is 85.6 cm³/mol. The smallest absolute Gasteiger partial charge is 0.196 e. The number of aromatic amines is 1. The van der Waals surface area contributed by atoms with Crippen LogP contribution in [-0.2, 0) is 6.42 Å². The minimum Gasteiger partial charge on any atom is -0.305 e. The molecule has 22 heavy (non-hydrogen) atoms. The lowest BCUT2D eigenvalue weighted by Crippen LogP contribution is -2.01. The molecule has 3 rings (SSSR count). The molecule has 2 aliphatic rings. The summed E-state index contributed by atoms with van der Waals surface area (Å²) in [6, 6.07) is 0. The molecule has 3 unspecified atom stereocenters. The number of nitrogens with zero attached hydrogens (tertiary/aromatic N) is 3. The van der Waals surface area contributed by atoms with Crippen molar-refractivity contribution in [3.05, 3.63) is 53.4 Å². The zero-order valence-corrected chi connectivity index (χ0v) is 12.5. The van der Waals surface area contributed by atoms with E-state index >= 15 is 0 Å². The SMILES string of the molecule is C/C=C\C=CC/C=C/C1C2Cc3c(C(=N)N=NN)n[nH]c3C12. The third-order valence-corrected chi connectivity index (χ3v) is 4.35. The molecule has 6 heteroatoms. The van der Waals surface area contributed by atoms with Crippen molar-refractivity contribution >= 4 is 5.84 Å². The van der Waals surface area contributed by atoms with Gasteiger partial charge in [-0.05, 0) is 31.6 Å². The Bertz CT molecular complexity index is 679. The van der Waals surface area contributed by atoms with Gasteiger partial charge in [0.2, 0.25) is 0 Å². The summed E-state index contributed by atoms with van der Waals surface area (Å²) < 4.78 is 0. The molecule has 0 radical (unpaired) electrons. The van der Waals surface area contributed by atoms with Crippen LogP contribution in [-0.4, -0.2) is 16.0 Å². The largest absolute Gasteiger partial charge is 0.305 e. The van der Waals surface area contributed by atoms with E-state index in [9.17, 15) is 0 Å². The van der Waals surface area contributed by atoms with E-state index < -0.39 is 0 Å². The van der Waals surface area contributed by atoms with E-state index in [1.165, 1.54) is 0 Å². The molecule has 3 atom stereocenters. The average Bonchev–Trinajstić information content (AvgIpc) is 2.85. The highest BCUT2D eigenvalue weighted by molar-refractivity contribution is 5.96. The zero-order valence-electron chi connectivity index (χ0n) is 12.5. The second kappa shape index (κ2) is 6.09. The van der Waals surface area contributed by atoms with Gasteiger partial charge < -0.3 is 5.84 Å². The molecule has 0 bridgehead atoms. The molecule has 1 aromatic heterocycles. The number of amidine groups is 1. The van der Waals surface area contributed by atoms with Crippen molar-refractivity contribution in [2.45, 2.75) is 25.7 Å². The van der Waals surface area contributed by atoms with Crippen LogP contribution in [0.4, 0.5) is 0 Å². The Labute approximate surface area is 129 Å². The fourth-order valence-corrected chi connectivity index (χ4v) is 3.31. The molecule has 2 aliphatic carbocycles. The Morgan fingerprint density at radius 1 is 1.45 bits per heavy atom. The molecule has 114 valence electrons. The lowest BCUT2D eigenvalue weighted by molar-refractivity contribution is 0.794. The summed E-state index contributed by atoms with van der Waals surface area (Å²) in [5.74, 6) is 6.79. The number of nitrogens with one attached hydrogen (secondary N) is 2. The number of fused-ring (bicyclic) bond motifs is 3. The Hall–Kier alpha value is -2.50. The molecule has 1 aromatic rings. The number of H-pyrrole nitrogens is 1. The molecule has 0 aromatic carbocycles. The fraction of sp³-hybridized carbons (Fsp3) is 0.375. The fourth-order valence-electron chi connectivity index (χ4n) is 3.31. The first-order chi connectivity index (χ1) is 10.8. The molecule has 0 spiro atoms. The minimum absolute atomic E-state index is 0.0301. The van der Waals surface area contributed by atoms with E-state index in [0.29, 0.717) is 23.4 Å². The average molecular weight is 296 g/mol. The van der Waals surface area contributed by atoms with Crippen molar-refractivity contribution in [2.24, 2.45) is 28.0 Å². The second-order valence-corrected chi connectivity index (χ2v) is 5.62. The molecule has 1 heterocycles. The maximum absolute atomic E-state index is 7.79. The van der Waals surface area contributed by atoms with Gasteiger partial charge in [-0.15, -0.1) is 5.11 Å². The van der Waals surface area contributed by atoms with Crippen molar-refractivity contribution in [3.63, 3.8) is 0 Å². The Morgan fingerprint density at radius 3 is 3.09 bits per heavy atom. The zero-order chi connectivity index (χ0) is 15.5. The molecule has 6 nitrogen and oxygen atoms in total. The van der Waals surface area contributed by atoms with Gasteiger partial charge >= 0.3 is 0 Å². The van der Waals surface area contributed by atoms with Gasteiger partial charge in [0.1, 0.15) is 5.69 Å². The Balaban J connectivity index is 1.61. The molecule has 1 saturated carbocycles. The van der Waals surface area contributed by atoms with Crippen molar-refractivity contribution in [1.82, 2.24) is 10.2 Å². The van der Waals surface area contributed by atoms with Crippen LogP contribution in [0.5, 0.6) is 0 Å². The number of allylic oxidation sites excluding steroid dienone is 6.